The lowest BCUT2D eigenvalue weighted by molar-refractivity contribution is -0.152. The van der Waals surface area contributed by atoms with Crippen molar-refractivity contribution in [2.45, 2.75) is 32.4 Å². The van der Waals surface area contributed by atoms with Crippen molar-refractivity contribution in [2.24, 2.45) is 0 Å². The lowest BCUT2D eigenvalue weighted by Crippen LogP contribution is -2.52. The monoisotopic (exact) mass is 201 g/mol. The molecule has 1 rings (SSSR count). The van der Waals surface area contributed by atoms with Gasteiger partial charge in [-0.15, -0.1) is 0 Å². The molecule has 1 unspecified atom stereocenters. The molecule has 1 aliphatic rings. The molecule has 5 nitrogen and oxygen atoms in total. The van der Waals surface area contributed by atoms with Gasteiger partial charge in [0.05, 0.1) is 6.61 Å². The van der Waals surface area contributed by atoms with Crippen LogP contribution in [0, 0.1) is 0 Å². The minimum absolute atomic E-state index is 0.357. The minimum Gasteiger partial charge on any atom is -0.449 e. The number of rotatable bonds is 5. The van der Waals surface area contributed by atoms with Crippen LogP contribution in [0.5, 0.6) is 0 Å². The molecule has 80 valence electrons. The van der Waals surface area contributed by atoms with Crippen molar-refractivity contribution in [1.82, 2.24) is 4.90 Å². The normalized spacial score (nSPS) is 19.8. The number of ether oxygens (including phenoxy) is 2. The fourth-order valence-electron chi connectivity index (χ4n) is 1.16. The van der Waals surface area contributed by atoms with Gasteiger partial charge in [-0.1, -0.05) is 13.3 Å². The molecule has 0 N–H and O–H groups in total. The number of carbonyl (C=O) groups is 2. The van der Waals surface area contributed by atoms with Crippen LogP contribution in [0.25, 0.3) is 0 Å². The van der Waals surface area contributed by atoms with Crippen molar-refractivity contribution in [1.29, 1.82) is 0 Å². The molecule has 0 bridgehead atoms. The molecule has 0 aromatic heterocycles. The molecule has 1 aliphatic heterocycles. The highest BCUT2D eigenvalue weighted by molar-refractivity contribution is 5.69. The first kappa shape index (κ1) is 10.8. The standard InChI is InChI=1S/C9H15NO4/c1-2-3-6-13-9(12)10-5-4-8(10)14-7-11/h7-8H,2-6H2,1H3. The Hall–Kier alpha value is -1.26. The lowest BCUT2D eigenvalue weighted by atomic mass is 10.2. The summed E-state index contributed by atoms with van der Waals surface area (Å²) in [6, 6.07) is 0. The molecule has 1 saturated heterocycles. The molecule has 0 saturated carbocycles. The van der Waals surface area contributed by atoms with Crippen molar-refractivity contribution in [3.63, 3.8) is 0 Å². The minimum atomic E-state index is -0.415. The fraction of sp³-hybridized carbons (Fsp3) is 0.778. The van der Waals surface area contributed by atoms with Crippen LogP contribution >= 0.6 is 0 Å². The summed E-state index contributed by atoms with van der Waals surface area (Å²) in [7, 11) is 0. The van der Waals surface area contributed by atoms with Crippen molar-refractivity contribution in [3.8, 4) is 0 Å². The van der Waals surface area contributed by atoms with E-state index in [1.165, 1.54) is 4.90 Å². The Morgan fingerprint density at radius 2 is 2.43 bits per heavy atom. The van der Waals surface area contributed by atoms with Crippen molar-refractivity contribution in [2.75, 3.05) is 13.2 Å². The zero-order valence-corrected chi connectivity index (χ0v) is 8.27. The maximum absolute atomic E-state index is 11.3. The Balaban J connectivity index is 2.20. The van der Waals surface area contributed by atoms with Gasteiger partial charge < -0.3 is 9.47 Å². The van der Waals surface area contributed by atoms with Crippen LogP contribution in [-0.2, 0) is 14.3 Å². The summed E-state index contributed by atoms with van der Waals surface area (Å²) in [4.78, 5) is 22.7. The van der Waals surface area contributed by atoms with Gasteiger partial charge in [-0.3, -0.25) is 9.69 Å². The average Bonchev–Trinajstić information content (AvgIpc) is 2.13. The summed E-state index contributed by atoms with van der Waals surface area (Å²) >= 11 is 0. The largest absolute Gasteiger partial charge is 0.449 e. The van der Waals surface area contributed by atoms with Gasteiger partial charge in [0.25, 0.3) is 6.47 Å². The first-order valence-electron chi connectivity index (χ1n) is 4.82. The molecule has 0 aromatic rings. The van der Waals surface area contributed by atoms with Gasteiger partial charge in [0.1, 0.15) is 0 Å². The van der Waals surface area contributed by atoms with Gasteiger partial charge in [-0.25, -0.2) is 4.79 Å². The molecule has 5 heteroatoms. The summed E-state index contributed by atoms with van der Waals surface area (Å²) in [6.07, 6.45) is 1.74. The number of carbonyl (C=O) groups excluding carboxylic acids is 2. The van der Waals surface area contributed by atoms with Gasteiger partial charge in [-0.05, 0) is 6.42 Å². The van der Waals surface area contributed by atoms with Crippen LogP contribution in [0.2, 0.25) is 0 Å². The summed E-state index contributed by atoms with van der Waals surface area (Å²) in [5.74, 6) is 0. The Bertz CT molecular complexity index is 207. The second-order valence-electron chi connectivity index (χ2n) is 3.14. The maximum atomic E-state index is 11.3. The maximum Gasteiger partial charge on any atom is 0.412 e. The van der Waals surface area contributed by atoms with Crippen LogP contribution in [-0.4, -0.2) is 36.8 Å². The third kappa shape index (κ3) is 2.61. The van der Waals surface area contributed by atoms with E-state index in [2.05, 4.69) is 4.74 Å². The molecule has 0 spiro atoms. The third-order valence-electron chi connectivity index (χ3n) is 2.14. The van der Waals surface area contributed by atoms with Crippen LogP contribution in [0.1, 0.15) is 26.2 Å². The van der Waals surface area contributed by atoms with Crippen molar-refractivity contribution in [3.05, 3.63) is 0 Å². The van der Waals surface area contributed by atoms with Crippen LogP contribution in [0.4, 0.5) is 4.79 Å². The quantitative estimate of drug-likeness (QED) is 0.494. The van der Waals surface area contributed by atoms with Gasteiger partial charge >= 0.3 is 6.09 Å². The van der Waals surface area contributed by atoms with Crippen LogP contribution < -0.4 is 0 Å². The van der Waals surface area contributed by atoms with Crippen molar-refractivity contribution < 1.29 is 19.1 Å². The van der Waals surface area contributed by atoms with Crippen LogP contribution in [0.15, 0.2) is 0 Å². The number of hydrogen-bond donors (Lipinski definition) is 0. The molecule has 0 aromatic carbocycles. The number of nitrogens with zero attached hydrogens (tertiary/aromatic N) is 1. The second kappa shape index (κ2) is 5.47. The number of hydrogen-bond acceptors (Lipinski definition) is 4. The predicted octanol–water partition coefficient (Wildman–Crippen LogP) is 1.13. The van der Waals surface area contributed by atoms with E-state index in [4.69, 9.17) is 4.74 Å². The van der Waals surface area contributed by atoms with E-state index in [-0.39, 0.29) is 0 Å². The van der Waals surface area contributed by atoms with Gasteiger partial charge in [-0.2, -0.15) is 0 Å². The first-order valence-corrected chi connectivity index (χ1v) is 4.82. The van der Waals surface area contributed by atoms with Gasteiger partial charge in [0.2, 0.25) is 0 Å². The second-order valence-corrected chi connectivity index (χ2v) is 3.14. The number of likely N-dealkylation sites (tertiary alicyclic amines) is 1. The fourth-order valence-corrected chi connectivity index (χ4v) is 1.16. The summed E-state index contributed by atoms with van der Waals surface area (Å²) in [5, 5.41) is 0. The average molecular weight is 201 g/mol. The predicted molar refractivity (Wildman–Crippen MR) is 48.5 cm³/mol. The molecule has 0 radical (unpaired) electrons. The van der Waals surface area contributed by atoms with E-state index in [1.807, 2.05) is 6.92 Å². The highest BCUT2D eigenvalue weighted by Crippen LogP contribution is 2.18. The zero-order chi connectivity index (χ0) is 10.4. The summed E-state index contributed by atoms with van der Waals surface area (Å²) < 4.78 is 9.62. The lowest BCUT2D eigenvalue weighted by Gasteiger charge is -2.37. The number of amides is 1. The molecule has 14 heavy (non-hydrogen) atoms. The summed E-state index contributed by atoms with van der Waals surface area (Å²) in [5.41, 5.74) is 0. The Morgan fingerprint density at radius 1 is 1.64 bits per heavy atom. The molecule has 1 heterocycles. The first-order chi connectivity index (χ1) is 6.79. The van der Waals surface area contributed by atoms with Gasteiger partial charge in [0.15, 0.2) is 6.23 Å². The molecule has 0 aliphatic carbocycles. The topological polar surface area (TPSA) is 55.8 Å². The van der Waals surface area contributed by atoms with E-state index in [0.717, 1.165) is 12.8 Å². The number of unbranched alkanes of at least 4 members (excludes halogenated alkanes) is 1. The molecular formula is C9H15NO4. The van der Waals surface area contributed by atoms with E-state index in [1.54, 1.807) is 0 Å². The third-order valence-corrected chi connectivity index (χ3v) is 2.14. The Labute approximate surface area is 83.0 Å². The Morgan fingerprint density at radius 3 is 2.93 bits per heavy atom. The highest BCUT2D eigenvalue weighted by Gasteiger charge is 2.34. The zero-order valence-electron chi connectivity index (χ0n) is 8.27. The summed E-state index contributed by atoms with van der Waals surface area (Å²) in [6.45, 7) is 3.41. The van der Waals surface area contributed by atoms with Crippen molar-refractivity contribution >= 4 is 12.6 Å². The smallest absolute Gasteiger partial charge is 0.412 e. The van der Waals surface area contributed by atoms with E-state index in [0.29, 0.717) is 26.0 Å². The molecule has 1 atom stereocenters. The van der Waals surface area contributed by atoms with Crippen LogP contribution in [0.3, 0.4) is 0 Å². The van der Waals surface area contributed by atoms with E-state index < -0.39 is 12.3 Å². The van der Waals surface area contributed by atoms with E-state index >= 15 is 0 Å². The highest BCUT2D eigenvalue weighted by atomic mass is 16.6. The Kier molecular flexibility index (Phi) is 4.22. The SMILES string of the molecule is CCCCOC(=O)N1CCC1OC=O. The molecule has 1 amide bonds. The van der Waals surface area contributed by atoms with E-state index in [9.17, 15) is 9.59 Å². The molecular weight excluding hydrogens is 186 g/mol. The molecule has 1 fully saturated rings. The van der Waals surface area contributed by atoms with Gasteiger partial charge in [0, 0.05) is 13.0 Å².